The molecule has 4 aromatic rings. The molecule has 2 saturated carbocycles. The molecule has 14 heteroatoms. The Bertz CT molecular complexity index is 1860. The van der Waals surface area contributed by atoms with Crippen LogP contribution in [-0.4, -0.2) is 75.1 Å². The predicted octanol–water partition coefficient (Wildman–Crippen LogP) is 3.25. The van der Waals surface area contributed by atoms with Crippen LogP contribution in [0.3, 0.4) is 0 Å². The molecule has 3 aromatic heterocycles. The molecule has 42 heavy (non-hydrogen) atoms. The molecule has 3 heterocycles. The van der Waals surface area contributed by atoms with Crippen LogP contribution in [0.4, 0.5) is 0 Å². The summed E-state index contributed by atoms with van der Waals surface area (Å²) in [5.41, 5.74) is 2.25. The van der Waals surface area contributed by atoms with E-state index in [2.05, 4.69) is 22.1 Å². The molecule has 0 radical (unpaired) electrons. The van der Waals surface area contributed by atoms with Crippen LogP contribution in [-0.2, 0) is 29.6 Å². The Morgan fingerprint density at radius 3 is 2.48 bits per heavy atom. The summed E-state index contributed by atoms with van der Waals surface area (Å²) < 4.78 is 63.6. The third kappa shape index (κ3) is 4.98. The zero-order chi connectivity index (χ0) is 29.8. The van der Waals surface area contributed by atoms with Gasteiger partial charge in [0.2, 0.25) is 10.0 Å². The molecule has 0 aliphatic heterocycles. The van der Waals surface area contributed by atoms with Gasteiger partial charge in [-0.25, -0.2) is 25.8 Å². The van der Waals surface area contributed by atoms with Crippen molar-refractivity contribution < 1.29 is 26.4 Å². The lowest BCUT2D eigenvalue weighted by molar-refractivity contribution is -0.141. The van der Waals surface area contributed by atoms with E-state index in [0.29, 0.717) is 42.7 Å². The van der Waals surface area contributed by atoms with Crippen LogP contribution < -0.4 is 0 Å². The molecule has 0 saturated heterocycles. The van der Waals surface area contributed by atoms with E-state index >= 15 is 0 Å². The number of benzene rings is 1. The monoisotopic (exact) mass is 614 g/mol. The van der Waals surface area contributed by atoms with E-state index in [1.807, 2.05) is 11.3 Å². The highest BCUT2D eigenvalue weighted by Crippen LogP contribution is 2.45. The maximum atomic E-state index is 13.5. The number of carbonyl (C=O) groups excluding carboxylic acids is 1. The number of nitrogens with zero attached hydrogens (tertiary/aromatic N) is 6. The van der Waals surface area contributed by atoms with Gasteiger partial charge in [0.15, 0.2) is 11.3 Å². The maximum Gasteiger partial charge on any atom is 0.302 e. The molecule has 2 aliphatic carbocycles. The summed E-state index contributed by atoms with van der Waals surface area (Å²) in [5.74, 6) is 0.206. The first-order valence-electron chi connectivity index (χ1n) is 14.2. The van der Waals surface area contributed by atoms with E-state index in [-0.39, 0.29) is 46.8 Å². The normalized spacial score (nSPS) is 21.5. The topological polar surface area (TPSA) is 146 Å². The first kappa shape index (κ1) is 28.7. The van der Waals surface area contributed by atoms with Crippen LogP contribution in [0.5, 0.6) is 0 Å². The molecule has 1 aromatic carbocycles. The molecule has 0 unspecified atom stereocenters. The van der Waals surface area contributed by atoms with Crippen molar-refractivity contribution in [1.29, 1.82) is 0 Å². The van der Waals surface area contributed by atoms with Crippen LogP contribution in [0.15, 0.2) is 47.6 Å². The quantitative estimate of drug-likeness (QED) is 0.246. The molecule has 12 nitrogen and oxygen atoms in total. The van der Waals surface area contributed by atoms with E-state index in [1.54, 1.807) is 34.6 Å². The van der Waals surface area contributed by atoms with Gasteiger partial charge in [0.25, 0.3) is 10.0 Å². The molecule has 224 valence electrons. The van der Waals surface area contributed by atoms with E-state index < -0.39 is 26.0 Å². The predicted molar refractivity (Wildman–Crippen MR) is 155 cm³/mol. The molecule has 0 amide bonds. The van der Waals surface area contributed by atoms with Gasteiger partial charge in [-0.3, -0.25) is 9.20 Å². The van der Waals surface area contributed by atoms with Crippen molar-refractivity contribution in [2.75, 3.05) is 13.2 Å². The largest absolute Gasteiger partial charge is 0.464 e. The van der Waals surface area contributed by atoms with Crippen molar-refractivity contribution in [1.82, 2.24) is 27.9 Å². The summed E-state index contributed by atoms with van der Waals surface area (Å²) in [6.45, 7) is 5.39. The Morgan fingerprint density at radius 1 is 1.07 bits per heavy atom. The van der Waals surface area contributed by atoms with Gasteiger partial charge in [0, 0.05) is 31.6 Å². The molecule has 2 aliphatic rings. The molecular formula is C28H34N6O6S2. The van der Waals surface area contributed by atoms with Crippen molar-refractivity contribution in [3.05, 3.63) is 54.1 Å². The van der Waals surface area contributed by atoms with Crippen molar-refractivity contribution in [3.8, 4) is 0 Å². The van der Waals surface area contributed by atoms with Crippen molar-refractivity contribution >= 4 is 42.8 Å². The van der Waals surface area contributed by atoms with E-state index in [9.17, 15) is 21.6 Å². The van der Waals surface area contributed by atoms with E-state index in [4.69, 9.17) is 4.74 Å². The molecule has 0 bridgehead atoms. The van der Waals surface area contributed by atoms with Crippen molar-refractivity contribution in [2.45, 2.75) is 75.0 Å². The number of aromatic nitrogens is 5. The average molecular weight is 615 g/mol. The lowest BCUT2D eigenvalue weighted by Gasteiger charge is -2.28. The van der Waals surface area contributed by atoms with Gasteiger partial charge in [-0.1, -0.05) is 31.0 Å². The van der Waals surface area contributed by atoms with Gasteiger partial charge in [0.05, 0.1) is 21.9 Å². The highest BCUT2D eigenvalue weighted by atomic mass is 32.2. The molecular weight excluding hydrogens is 580 g/mol. The minimum Gasteiger partial charge on any atom is -0.464 e. The Morgan fingerprint density at radius 2 is 1.81 bits per heavy atom. The summed E-state index contributed by atoms with van der Waals surface area (Å²) in [6.07, 6.45) is 6.25. The second-order valence-corrected chi connectivity index (χ2v) is 15.2. The number of sulfonamides is 1. The number of carbonyl (C=O) groups is 1. The minimum absolute atomic E-state index is 0.00235. The lowest BCUT2D eigenvalue weighted by atomic mass is 9.93. The highest BCUT2D eigenvalue weighted by molar-refractivity contribution is 7.90. The van der Waals surface area contributed by atoms with Crippen molar-refractivity contribution in [3.63, 3.8) is 0 Å². The SMILES string of the molecule is CC[C@@H]1C[C@H](N(CCOC(C)=O)S(=O)(=O)C2CC2)C[C@@H]1c1nnc2cnc3c(ccn3S(=O)(=O)c3ccc(C)cc3)n12. The summed E-state index contributed by atoms with van der Waals surface area (Å²) in [7, 11) is -7.43. The number of esters is 1. The third-order valence-electron chi connectivity index (χ3n) is 8.46. The minimum atomic E-state index is -3.90. The molecule has 0 spiro atoms. The Hall–Kier alpha value is -3.36. The van der Waals surface area contributed by atoms with Gasteiger partial charge in [-0.15, -0.1) is 10.2 Å². The highest BCUT2D eigenvalue weighted by Gasteiger charge is 2.47. The van der Waals surface area contributed by atoms with Crippen LogP contribution >= 0.6 is 0 Å². The molecule has 2 fully saturated rings. The Kier molecular flexibility index (Phi) is 7.34. The zero-order valence-electron chi connectivity index (χ0n) is 23.7. The average Bonchev–Trinajstić information content (AvgIpc) is 3.39. The smallest absolute Gasteiger partial charge is 0.302 e. The van der Waals surface area contributed by atoms with Crippen LogP contribution in [0.2, 0.25) is 0 Å². The van der Waals surface area contributed by atoms with E-state index in [1.165, 1.54) is 23.3 Å². The number of rotatable bonds is 10. The standard InChI is InChI=1S/C28H34N6O6S2/c1-4-20-15-21(32(13-14-40-19(3)35)41(36,37)23-9-10-23)16-24(20)27-31-30-26-17-29-28-25(34(26)27)11-12-33(28)42(38,39)22-7-5-18(2)6-8-22/h5-8,11-12,17,20-21,23-24H,4,9-10,13-16H2,1-3H3/t20-,21+,24+/m1/s1. The van der Waals surface area contributed by atoms with Crippen LogP contribution in [0.1, 0.15) is 63.3 Å². The first-order chi connectivity index (χ1) is 20.0. The fraction of sp³-hybridized carbons (Fsp3) is 0.500. The number of fused-ring (bicyclic) bond motifs is 3. The van der Waals surface area contributed by atoms with Gasteiger partial charge >= 0.3 is 5.97 Å². The van der Waals surface area contributed by atoms with Crippen molar-refractivity contribution in [2.24, 2.45) is 5.92 Å². The summed E-state index contributed by atoms with van der Waals surface area (Å²) in [5, 5.41) is 8.50. The summed E-state index contributed by atoms with van der Waals surface area (Å²) in [6, 6.07) is 8.08. The molecule has 6 rings (SSSR count). The molecule has 0 N–H and O–H groups in total. The Balaban J connectivity index is 1.37. The van der Waals surface area contributed by atoms with Gasteiger partial charge < -0.3 is 4.74 Å². The fourth-order valence-electron chi connectivity index (χ4n) is 6.16. The zero-order valence-corrected chi connectivity index (χ0v) is 25.4. The Labute approximate surface area is 244 Å². The maximum absolute atomic E-state index is 13.5. The van der Waals surface area contributed by atoms with Crippen LogP contribution in [0, 0.1) is 12.8 Å². The number of hydrogen-bond acceptors (Lipinski definition) is 9. The van der Waals surface area contributed by atoms with Crippen LogP contribution in [0.25, 0.3) is 16.8 Å². The number of ether oxygens (including phenoxy) is 1. The van der Waals surface area contributed by atoms with Gasteiger partial charge in [-0.2, -0.15) is 4.31 Å². The van der Waals surface area contributed by atoms with Gasteiger partial charge in [0.1, 0.15) is 12.4 Å². The summed E-state index contributed by atoms with van der Waals surface area (Å²) >= 11 is 0. The van der Waals surface area contributed by atoms with E-state index in [0.717, 1.165) is 12.0 Å². The lowest BCUT2D eigenvalue weighted by Crippen LogP contribution is -2.43. The third-order valence-corrected chi connectivity index (χ3v) is 12.6. The number of hydrogen-bond donors (Lipinski definition) is 0. The van der Waals surface area contributed by atoms with Gasteiger partial charge in [-0.05, 0) is 56.7 Å². The second-order valence-electron chi connectivity index (χ2n) is 11.2. The first-order valence-corrected chi connectivity index (χ1v) is 17.1. The molecule has 3 atom stereocenters. The fourth-order valence-corrected chi connectivity index (χ4v) is 9.49. The summed E-state index contributed by atoms with van der Waals surface area (Å²) in [4.78, 5) is 16.0. The second kappa shape index (κ2) is 10.7. The number of aryl methyl sites for hydroxylation is 1.